The van der Waals surface area contributed by atoms with Gasteiger partial charge in [0.2, 0.25) is 0 Å². The van der Waals surface area contributed by atoms with Crippen molar-refractivity contribution in [3.63, 3.8) is 0 Å². The Morgan fingerprint density at radius 1 is 1.35 bits per heavy atom. The molecule has 0 amide bonds. The predicted octanol–water partition coefficient (Wildman–Crippen LogP) is 2.93. The molecule has 0 radical (unpaired) electrons. The first-order valence-corrected chi connectivity index (χ1v) is 7.66. The maximum atomic E-state index is 13.4. The summed E-state index contributed by atoms with van der Waals surface area (Å²) in [6, 6.07) is 3.19. The summed E-state index contributed by atoms with van der Waals surface area (Å²) in [5.74, 6) is 0.0902. The number of nitrogens with one attached hydrogen (secondary N) is 1. The van der Waals surface area contributed by atoms with Gasteiger partial charge in [0.05, 0.1) is 0 Å². The van der Waals surface area contributed by atoms with Gasteiger partial charge in [-0.3, -0.25) is 4.90 Å². The van der Waals surface area contributed by atoms with Crippen LogP contribution in [0.25, 0.3) is 0 Å². The maximum Gasteiger partial charge on any atom is 0.145 e. The first-order valence-electron chi connectivity index (χ1n) is 7.28. The molecule has 20 heavy (non-hydrogen) atoms. The lowest BCUT2D eigenvalue weighted by molar-refractivity contribution is 0.158. The van der Waals surface area contributed by atoms with Crippen LogP contribution in [0, 0.1) is 11.7 Å². The van der Waals surface area contributed by atoms with Crippen LogP contribution in [0.2, 0.25) is 5.02 Å². The summed E-state index contributed by atoms with van der Waals surface area (Å²) < 4.78 is 13.4. The standard InChI is InChI=1S/C15H20ClFN2O/c16-14-12(17)4-3-11(15(14)20)13(9-10-1-2-10)19-7-5-18-6-8-19/h3-4,10,13,18,20H,1-2,5-9H2/t13-/m1/s1. The number of hydrogen-bond donors (Lipinski definition) is 2. The number of phenols is 1. The van der Waals surface area contributed by atoms with Gasteiger partial charge in [-0.15, -0.1) is 0 Å². The molecule has 1 aromatic rings. The van der Waals surface area contributed by atoms with Crippen molar-refractivity contribution in [2.45, 2.75) is 25.3 Å². The fraction of sp³-hybridized carbons (Fsp3) is 0.600. The lowest BCUT2D eigenvalue weighted by Gasteiger charge is -2.35. The Hall–Kier alpha value is -0.840. The molecular formula is C15H20ClFN2O. The van der Waals surface area contributed by atoms with E-state index in [1.807, 2.05) is 0 Å². The van der Waals surface area contributed by atoms with Gasteiger partial charge in [0.15, 0.2) is 0 Å². The molecule has 2 fully saturated rings. The Labute approximate surface area is 123 Å². The van der Waals surface area contributed by atoms with Crippen LogP contribution < -0.4 is 5.32 Å². The van der Waals surface area contributed by atoms with Crippen molar-refractivity contribution >= 4 is 11.6 Å². The Balaban J connectivity index is 1.89. The number of hydrogen-bond acceptors (Lipinski definition) is 3. The minimum atomic E-state index is -0.557. The minimum Gasteiger partial charge on any atom is -0.506 e. The fourth-order valence-corrected chi connectivity index (χ4v) is 3.13. The number of piperazine rings is 1. The van der Waals surface area contributed by atoms with Crippen LogP contribution in [0.5, 0.6) is 5.75 Å². The highest BCUT2D eigenvalue weighted by Gasteiger charge is 2.32. The maximum absolute atomic E-state index is 13.4. The zero-order chi connectivity index (χ0) is 14.1. The number of halogens is 2. The fourth-order valence-electron chi connectivity index (χ4n) is 2.96. The van der Waals surface area contributed by atoms with Gasteiger partial charge in [-0.25, -0.2) is 4.39 Å². The first-order chi connectivity index (χ1) is 9.66. The summed E-state index contributed by atoms with van der Waals surface area (Å²) in [6.45, 7) is 3.81. The quantitative estimate of drug-likeness (QED) is 0.897. The molecule has 5 heteroatoms. The van der Waals surface area contributed by atoms with Gasteiger partial charge in [-0.1, -0.05) is 30.5 Å². The Morgan fingerprint density at radius 2 is 2.05 bits per heavy atom. The van der Waals surface area contributed by atoms with E-state index in [0.717, 1.165) is 44.1 Å². The molecule has 1 saturated carbocycles. The number of aromatic hydroxyl groups is 1. The number of benzene rings is 1. The number of rotatable bonds is 4. The topological polar surface area (TPSA) is 35.5 Å². The van der Waals surface area contributed by atoms with Gasteiger partial charge in [0.1, 0.15) is 16.6 Å². The van der Waals surface area contributed by atoms with E-state index >= 15 is 0 Å². The molecule has 1 aliphatic heterocycles. The third kappa shape index (κ3) is 2.92. The summed E-state index contributed by atoms with van der Waals surface area (Å²) in [4.78, 5) is 2.37. The second kappa shape index (κ2) is 5.88. The highest BCUT2D eigenvalue weighted by molar-refractivity contribution is 6.32. The van der Waals surface area contributed by atoms with Crippen LogP contribution in [0.3, 0.4) is 0 Å². The summed E-state index contributed by atoms with van der Waals surface area (Å²) in [5, 5.41) is 13.4. The molecule has 0 aromatic heterocycles. The molecule has 0 bridgehead atoms. The van der Waals surface area contributed by atoms with Crippen molar-refractivity contribution in [3.8, 4) is 5.75 Å². The molecule has 3 nitrogen and oxygen atoms in total. The van der Waals surface area contributed by atoms with E-state index in [4.69, 9.17) is 11.6 Å². The summed E-state index contributed by atoms with van der Waals surface area (Å²) in [6.07, 6.45) is 3.55. The van der Waals surface area contributed by atoms with E-state index in [9.17, 15) is 9.50 Å². The van der Waals surface area contributed by atoms with E-state index in [0.29, 0.717) is 0 Å². The van der Waals surface area contributed by atoms with Crippen molar-refractivity contribution in [1.82, 2.24) is 10.2 Å². The largest absolute Gasteiger partial charge is 0.506 e. The van der Waals surface area contributed by atoms with Crippen LogP contribution in [0.4, 0.5) is 4.39 Å². The zero-order valence-corrected chi connectivity index (χ0v) is 12.2. The van der Waals surface area contributed by atoms with Crippen LogP contribution in [-0.4, -0.2) is 36.2 Å². The average Bonchev–Trinajstić information content (AvgIpc) is 3.28. The summed E-state index contributed by atoms with van der Waals surface area (Å²) >= 11 is 5.86. The van der Waals surface area contributed by atoms with Crippen LogP contribution in [-0.2, 0) is 0 Å². The first kappa shape index (κ1) is 14.1. The van der Waals surface area contributed by atoms with Crippen molar-refractivity contribution in [2.24, 2.45) is 5.92 Å². The second-order valence-electron chi connectivity index (χ2n) is 5.78. The summed E-state index contributed by atoms with van der Waals surface area (Å²) in [5.41, 5.74) is 0.769. The molecule has 1 saturated heterocycles. The van der Waals surface area contributed by atoms with Gasteiger partial charge >= 0.3 is 0 Å². The molecule has 1 heterocycles. The van der Waals surface area contributed by atoms with Crippen molar-refractivity contribution in [3.05, 3.63) is 28.5 Å². The Kier molecular flexibility index (Phi) is 4.15. The molecular weight excluding hydrogens is 279 g/mol. The van der Waals surface area contributed by atoms with E-state index in [-0.39, 0.29) is 16.8 Å². The molecule has 1 aliphatic carbocycles. The van der Waals surface area contributed by atoms with Crippen molar-refractivity contribution < 1.29 is 9.50 Å². The van der Waals surface area contributed by atoms with Gasteiger partial charge < -0.3 is 10.4 Å². The molecule has 2 N–H and O–H groups in total. The van der Waals surface area contributed by atoms with Crippen LogP contribution in [0.1, 0.15) is 30.9 Å². The molecule has 0 unspecified atom stereocenters. The van der Waals surface area contributed by atoms with E-state index in [2.05, 4.69) is 10.2 Å². The summed E-state index contributed by atoms with van der Waals surface area (Å²) in [7, 11) is 0. The smallest absolute Gasteiger partial charge is 0.145 e. The lowest BCUT2D eigenvalue weighted by Crippen LogP contribution is -2.45. The van der Waals surface area contributed by atoms with Crippen molar-refractivity contribution in [1.29, 1.82) is 0 Å². The number of phenolic OH excluding ortho intramolecular Hbond substituents is 1. The van der Waals surface area contributed by atoms with E-state index in [1.54, 1.807) is 6.07 Å². The van der Waals surface area contributed by atoms with Gasteiger partial charge in [0, 0.05) is 37.8 Å². The highest BCUT2D eigenvalue weighted by atomic mass is 35.5. The Morgan fingerprint density at radius 3 is 2.70 bits per heavy atom. The van der Waals surface area contributed by atoms with Crippen LogP contribution in [0.15, 0.2) is 12.1 Å². The van der Waals surface area contributed by atoms with Crippen molar-refractivity contribution in [2.75, 3.05) is 26.2 Å². The SMILES string of the molecule is Oc1c([C@@H](CC2CC2)N2CCNCC2)ccc(F)c1Cl. The average molecular weight is 299 g/mol. The second-order valence-corrected chi connectivity index (χ2v) is 6.16. The minimum absolute atomic E-state index is 0.0872. The molecule has 0 spiro atoms. The van der Waals surface area contributed by atoms with Crippen LogP contribution >= 0.6 is 11.6 Å². The van der Waals surface area contributed by atoms with Gasteiger partial charge in [-0.05, 0) is 18.4 Å². The molecule has 3 rings (SSSR count). The van der Waals surface area contributed by atoms with E-state index in [1.165, 1.54) is 18.9 Å². The Bertz CT molecular complexity index is 487. The van der Waals surface area contributed by atoms with Gasteiger partial charge in [-0.2, -0.15) is 0 Å². The number of nitrogens with zero attached hydrogens (tertiary/aromatic N) is 1. The highest BCUT2D eigenvalue weighted by Crippen LogP contribution is 2.44. The monoisotopic (exact) mass is 298 g/mol. The molecule has 110 valence electrons. The third-order valence-electron chi connectivity index (χ3n) is 4.31. The zero-order valence-electron chi connectivity index (χ0n) is 11.4. The van der Waals surface area contributed by atoms with E-state index < -0.39 is 5.82 Å². The molecule has 1 atom stereocenters. The third-order valence-corrected chi connectivity index (χ3v) is 4.66. The molecule has 2 aliphatic rings. The molecule has 1 aromatic carbocycles. The normalized spacial score (nSPS) is 21.9. The van der Waals surface area contributed by atoms with Gasteiger partial charge in [0.25, 0.3) is 0 Å². The predicted molar refractivity (Wildman–Crippen MR) is 77.6 cm³/mol. The lowest BCUT2D eigenvalue weighted by atomic mass is 9.97.